The summed E-state index contributed by atoms with van der Waals surface area (Å²) < 4.78 is 11.3. The minimum absolute atomic E-state index is 0.0303. The molecule has 0 saturated heterocycles. The Morgan fingerprint density at radius 1 is 1.25 bits per heavy atom. The maximum atomic E-state index is 11.6. The van der Waals surface area contributed by atoms with Crippen LogP contribution < -0.4 is 5.32 Å². The SMILES string of the molecule is CC(C)(C)S(=O)CCNC(=O)CCC(=O)O. The summed E-state index contributed by atoms with van der Waals surface area (Å²) in [7, 11) is -0.998. The summed E-state index contributed by atoms with van der Waals surface area (Å²) in [5, 5.41) is 10.9. The second kappa shape index (κ2) is 6.62. The fourth-order valence-corrected chi connectivity index (χ4v) is 1.80. The molecule has 1 amide bonds. The second-order valence-corrected chi connectivity index (χ2v) is 6.73. The van der Waals surface area contributed by atoms with E-state index >= 15 is 0 Å². The van der Waals surface area contributed by atoms with E-state index in [-0.39, 0.29) is 23.5 Å². The molecule has 1 atom stereocenters. The van der Waals surface area contributed by atoms with Gasteiger partial charge in [0.15, 0.2) is 0 Å². The first-order chi connectivity index (χ1) is 7.23. The molecule has 6 heteroatoms. The highest BCUT2D eigenvalue weighted by molar-refractivity contribution is 7.86. The van der Waals surface area contributed by atoms with Crippen LogP contribution in [0.4, 0.5) is 0 Å². The monoisotopic (exact) mass is 249 g/mol. The van der Waals surface area contributed by atoms with Gasteiger partial charge in [0.1, 0.15) is 0 Å². The number of rotatable bonds is 6. The first kappa shape index (κ1) is 15.1. The number of carbonyl (C=O) groups is 2. The van der Waals surface area contributed by atoms with Crippen molar-refractivity contribution in [1.82, 2.24) is 5.32 Å². The molecule has 0 bridgehead atoms. The summed E-state index contributed by atoms with van der Waals surface area (Å²) in [6.07, 6.45) is -0.203. The average Bonchev–Trinajstić information content (AvgIpc) is 2.13. The highest BCUT2D eigenvalue weighted by atomic mass is 32.2. The van der Waals surface area contributed by atoms with Gasteiger partial charge >= 0.3 is 5.97 Å². The highest BCUT2D eigenvalue weighted by Crippen LogP contribution is 2.10. The first-order valence-corrected chi connectivity index (χ1v) is 6.42. The number of aliphatic carboxylic acids is 1. The number of hydrogen-bond donors (Lipinski definition) is 2. The largest absolute Gasteiger partial charge is 0.481 e. The lowest BCUT2D eigenvalue weighted by Gasteiger charge is -2.17. The van der Waals surface area contributed by atoms with Gasteiger partial charge in [0.05, 0.1) is 6.42 Å². The molecule has 5 nitrogen and oxygen atoms in total. The summed E-state index contributed by atoms with van der Waals surface area (Å²) in [4.78, 5) is 21.3. The second-order valence-electron chi connectivity index (χ2n) is 4.41. The molecule has 2 N–H and O–H groups in total. The number of carboxylic acid groups (broad SMARTS) is 1. The molecule has 94 valence electrons. The zero-order valence-electron chi connectivity index (χ0n) is 9.91. The summed E-state index contributed by atoms with van der Waals surface area (Å²) in [6.45, 7) is 5.93. The molecule has 0 saturated carbocycles. The molecule has 1 unspecified atom stereocenters. The number of nitrogens with one attached hydrogen (secondary N) is 1. The minimum atomic E-state index is -0.998. The maximum absolute atomic E-state index is 11.6. The first-order valence-electron chi connectivity index (χ1n) is 5.10. The molecule has 0 spiro atoms. The number of carboxylic acids is 1. The zero-order valence-corrected chi connectivity index (χ0v) is 10.7. The van der Waals surface area contributed by atoms with Crippen LogP contribution in [0.3, 0.4) is 0 Å². The Kier molecular flexibility index (Phi) is 6.25. The normalized spacial score (nSPS) is 13.2. The smallest absolute Gasteiger partial charge is 0.303 e. The molecule has 0 aromatic carbocycles. The van der Waals surface area contributed by atoms with Gasteiger partial charge in [-0.2, -0.15) is 0 Å². The van der Waals surface area contributed by atoms with Gasteiger partial charge in [0.25, 0.3) is 0 Å². The van der Waals surface area contributed by atoms with Crippen molar-refractivity contribution in [3.63, 3.8) is 0 Å². The van der Waals surface area contributed by atoms with Crippen LogP contribution in [0.2, 0.25) is 0 Å². The summed E-state index contributed by atoms with van der Waals surface area (Å²) in [6, 6.07) is 0. The van der Waals surface area contributed by atoms with E-state index in [4.69, 9.17) is 5.11 Å². The van der Waals surface area contributed by atoms with Crippen molar-refractivity contribution in [2.24, 2.45) is 0 Å². The Hall–Kier alpha value is -0.910. The Balaban J connectivity index is 3.71. The van der Waals surface area contributed by atoms with Gasteiger partial charge in [-0.15, -0.1) is 0 Å². The topological polar surface area (TPSA) is 83.5 Å². The highest BCUT2D eigenvalue weighted by Gasteiger charge is 2.18. The van der Waals surface area contributed by atoms with Crippen LogP contribution in [0.5, 0.6) is 0 Å². The van der Waals surface area contributed by atoms with Gasteiger partial charge in [-0.3, -0.25) is 13.8 Å². The van der Waals surface area contributed by atoms with Gasteiger partial charge in [-0.05, 0) is 20.8 Å². The average molecular weight is 249 g/mol. The maximum Gasteiger partial charge on any atom is 0.303 e. The lowest BCUT2D eigenvalue weighted by atomic mass is 10.3. The quantitative estimate of drug-likeness (QED) is 0.718. The van der Waals surface area contributed by atoms with E-state index in [1.54, 1.807) is 0 Å². The van der Waals surface area contributed by atoms with E-state index in [2.05, 4.69) is 5.32 Å². The molecule has 0 radical (unpaired) electrons. The summed E-state index contributed by atoms with van der Waals surface area (Å²) in [5.41, 5.74) is 0. The molecular weight excluding hydrogens is 230 g/mol. The van der Waals surface area contributed by atoms with Gasteiger partial charge < -0.3 is 10.4 Å². The van der Waals surface area contributed by atoms with Crippen molar-refractivity contribution in [2.45, 2.75) is 38.4 Å². The van der Waals surface area contributed by atoms with Crippen LogP contribution in [0.25, 0.3) is 0 Å². The van der Waals surface area contributed by atoms with Crippen molar-refractivity contribution in [2.75, 3.05) is 12.3 Å². The van der Waals surface area contributed by atoms with Gasteiger partial charge in [-0.1, -0.05) is 0 Å². The van der Waals surface area contributed by atoms with Crippen molar-refractivity contribution in [3.8, 4) is 0 Å². The van der Waals surface area contributed by atoms with Crippen LogP contribution in [-0.4, -0.2) is 38.2 Å². The van der Waals surface area contributed by atoms with Crippen LogP contribution in [0.15, 0.2) is 0 Å². The van der Waals surface area contributed by atoms with Crippen molar-refractivity contribution < 1.29 is 18.9 Å². The third-order valence-electron chi connectivity index (χ3n) is 1.86. The van der Waals surface area contributed by atoms with E-state index in [1.807, 2.05) is 20.8 Å². The Morgan fingerprint density at radius 2 is 1.81 bits per heavy atom. The van der Waals surface area contributed by atoms with Gasteiger partial charge in [-0.25, -0.2) is 0 Å². The number of hydrogen-bond acceptors (Lipinski definition) is 3. The molecule has 0 aliphatic rings. The van der Waals surface area contributed by atoms with E-state index in [9.17, 15) is 13.8 Å². The fraction of sp³-hybridized carbons (Fsp3) is 0.800. The Morgan fingerprint density at radius 3 is 2.25 bits per heavy atom. The lowest BCUT2D eigenvalue weighted by Crippen LogP contribution is -2.32. The minimum Gasteiger partial charge on any atom is -0.481 e. The van der Waals surface area contributed by atoms with Gasteiger partial charge in [0, 0.05) is 34.3 Å². The molecule has 0 aliphatic carbocycles. The molecule has 0 rings (SSSR count). The van der Waals surface area contributed by atoms with Crippen LogP contribution in [0.1, 0.15) is 33.6 Å². The van der Waals surface area contributed by atoms with Crippen LogP contribution >= 0.6 is 0 Å². The number of amides is 1. The van der Waals surface area contributed by atoms with Crippen molar-refractivity contribution in [1.29, 1.82) is 0 Å². The molecule has 16 heavy (non-hydrogen) atoms. The summed E-state index contributed by atoms with van der Waals surface area (Å²) >= 11 is 0. The Bertz CT molecular complexity index is 283. The van der Waals surface area contributed by atoms with E-state index in [0.29, 0.717) is 12.3 Å². The molecule has 0 fully saturated rings. The fourth-order valence-electron chi connectivity index (χ4n) is 0.898. The zero-order chi connectivity index (χ0) is 12.8. The van der Waals surface area contributed by atoms with Crippen LogP contribution in [0, 0.1) is 0 Å². The van der Waals surface area contributed by atoms with E-state index in [0.717, 1.165) is 0 Å². The molecule has 0 aromatic heterocycles. The summed E-state index contributed by atoms with van der Waals surface area (Å²) in [5.74, 6) is -0.913. The predicted octanol–water partition coefficient (Wildman–Crippen LogP) is 0.515. The standard InChI is InChI=1S/C10H19NO4S/c1-10(2,3)16(15)7-6-11-8(12)4-5-9(13)14/h4-7H2,1-3H3,(H,11,12)(H,13,14). The molecular formula is C10H19NO4S. The van der Waals surface area contributed by atoms with Crippen molar-refractivity contribution >= 4 is 22.7 Å². The van der Waals surface area contributed by atoms with Crippen LogP contribution in [-0.2, 0) is 20.4 Å². The molecule has 0 aromatic rings. The molecule has 0 heterocycles. The van der Waals surface area contributed by atoms with Gasteiger partial charge in [0.2, 0.25) is 5.91 Å². The van der Waals surface area contributed by atoms with E-state index in [1.165, 1.54) is 0 Å². The van der Waals surface area contributed by atoms with Crippen molar-refractivity contribution in [3.05, 3.63) is 0 Å². The third kappa shape index (κ3) is 7.39. The number of carbonyl (C=O) groups excluding carboxylic acids is 1. The Labute approximate surface area is 98.1 Å². The lowest BCUT2D eigenvalue weighted by molar-refractivity contribution is -0.138. The predicted molar refractivity (Wildman–Crippen MR) is 62.6 cm³/mol. The molecule has 0 aliphatic heterocycles. The third-order valence-corrected chi connectivity index (χ3v) is 3.80. The van der Waals surface area contributed by atoms with E-state index < -0.39 is 16.8 Å².